The van der Waals surface area contributed by atoms with E-state index in [4.69, 9.17) is 9.05 Å². The van der Waals surface area contributed by atoms with E-state index in [1.54, 1.807) is 6.08 Å². The lowest BCUT2D eigenvalue weighted by atomic mass is 10.0. The number of quaternary nitrogens is 1. The molecule has 0 spiro atoms. The van der Waals surface area contributed by atoms with Crippen molar-refractivity contribution in [3.8, 4) is 0 Å². The fourth-order valence-electron chi connectivity index (χ4n) is 8.61. The van der Waals surface area contributed by atoms with Crippen LogP contribution in [0.3, 0.4) is 0 Å². The van der Waals surface area contributed by atoms with Crippen LogP contribution in [0.2, 0.25) is 0 Å². The van der Waals surface area contributed by atoms with E-state index >= 15 is 0 Å². The molecule has 0 aromatic carbocycles. The lowest BCUT2D eigenvalue weighted by Gasteiger charge is -2.29. The molecule has 0 radical (unpaired) electrons. The molecule has 79 heavy (non-hydrogen) atoms. The van der Waals surface area contributed by atoms with Crippen molar-refractivity contribution in [1.82, 2.24) is 5.32 Å². The number of hydrogen-bond acceptors (Lipinski definition) is 6. The van der Waals surface area contributed by atoms with Crippen molar-refractivity contribution >= 4 is 13.7 Å². The number of aliphatic hydroxyl groups is 1. The summed E-state index contributed by atoms with van der Waals surface area (Å²) in [4.78, 5) is 25.5. The Hall–Kier alpha value is -3.36. The Balaban J connectivity index is 4.12. The van der Waals surface area contributed by atoms with Gasteiger partial charge in [-0.2, -0.15) is 0 Å². The highest BCUT2D eigenvalue weighted by Gasteiger charge is 2.23. The molecular weight excluding hydrogens is 996 g/mol. The minimum absolute atomic E-state index is 0.0142. The van der Waals surface area contributed by atoms with Crippen LogP contribution in [-0.2, 0) is 18.4 Å². The van der Waals surface area contributed by atoms with Gasteiger partial charge in [0.05, 0.1) is 39.9 Å². The van der Waals surface area contributed by atoms with Crippen molar-refractivity contribution in [3.63, 3.8) is 0 Å². The van der Waals surface area contributed by atoms with Gasteiger partial charge in [-0.3, -0.25) is 9.36 Å². The lowest BCUT2D eigenvalue weighted by Crippen LogP contribution is -2.45. The predicted octanol–water partition coefficient (Wildman–Crippen LogP) is 19.6. The van der Waals surface area contributed by atoms with Gasteiger partial charge in [-0.25, -0.2) is 0 Å². The van der Waals surface area contributed by atoms with Crippen molar-refractivity contribution in [2.24, 2.45) is 0 Å². The van der Waals surface area contributed by atoms with Crippen LogP contribution in [0.1, 0.15) is 251 Å². The van der Waals surface area contributed by atoms with Crippen LogP contribution in [0, 0.1) is 0 Å². The number of nitrogens with one attached hydrogen (secondary N) is 1. The number of likely N-dealkylation sites (N-methyl/N-ethyl adjacent to an activating group) is 1. The third-order valence-corrected chi connectivity index (χ3v) is 14.5. The number of rotatable bonds is 57. The number of aliphatic hydroxyl groups excluding tert-OH is 1. The molecule has 8 nitrogen and oxygen atoms in total. The molecular formula is C70H121N2O6P. The highest BCUT2D eigenvalue weighted by molar-refractivity contribution is 7.45. The first kappa shape index (κ1) is 75.6. The van der Waals surface area contributed by atoms with Gasteiger partial charge < -0.3 is 28.8 Å². The lowest BCUT2D eigenvalue weighted by molar-refractivity contribution is -0.870. The molecule has 1 amide bonds. The largest absolute Gasteiger partial charge is 0.756 e. The molecule has 9 heteroatoms. The number of phosphoric ester groups is 1. The monoisotopic (exact) mass is 1120 g/mol. The van der Waals surface area contributed by atoms with Gasteiger partial charge in [-0.15, -0.1) is 0 Å². The van der Waals surface area contributed by atoms with Crippen molar-refractivity contribution in [2.45, 2.75) is 264 Å². The van der Waals surface area contributed by atoms with E-state index in [2.05, 4.69) is 141 Å². The van der Waals surface area contributed by atoms with E-state index in [1.807, 2.05) is 27.2 Å². The van der Waals surface area contributed by atoms with Gasteiger partial charge in [0.2, 0.25) is 5.91 Å². The van der Waals surface area contributed by atoms with Crippen LogP contribution in [0.4, 0.5) is 0 Å². The zero-order chi connectivity index (χ0) is 57.7. The Morgan fingerprint density at radius 1 is 0.456 bits per heavy atom. The van der Waals surface area contributed by atoms with Gasteiger partial charge in [-0.1, -0.05) is 270 Å². The van der Waals surface area contributed by atoms with E-state index in [-0.39, 0.29) is 12.5 Å². The van der Waals surface area contributed by atoms with Crippen LogP contribution in [0.5, 0.6) is 0 Å². The first-order valence-corrected chi connectivity index (χ1v) is 33.5. The molecule has 0 aliphatic carbocycles. The van der Waals surface area contributed by atoms with Crippen LogP contribution >= 0.6 is 7.82 Å². The second-order valence-corrected chi connectivity index (χ2v) is 23.8. The summed E-state index contributed by atoms with van der Waals surface area (Å²) in [5.41, 5.74) is 0. The summed E-state index contributed by atoms with van der Waals surface area (Å²) in [6, 6.07) is -0.918. The van der Waals surface area contributed by atoms with Gasteiger partial charge in [-0.05, 0) is 109 Å². The van der Waals surface area contributed by atoms with E-state index in [1.165, 1.54) is 135 Å². The predicted molar refractivity (Wildman–Crippen MR) is 343 cm³/mol. The summed E-state index contributed by atoms with van der Waals surface area (Å²) in [6.45, 7) is 4.50. The SMILES string of the molecule is CC/C=C\C/C=C\C/C=C\C/C=C\C/C=C\C/C=C\C/C=C\C/C=C\CCCCCCCCCCCCCCCCC(=O)NC(COP(=O)([O-])OCC[N+](C)(C)C)C(O)/C=C/CC/C=C/CC/C=C/CCCCCCCCCC. The van der Waals surface area contributed by atoms with Crippen molar-refractivity contribution in [1.29, 1.82) is 0 Å². The van der Waals surface area contributed by atoms with Crippen molar-refractivity contribution in [2.75, 3.05) is 40.9 Å². The van der Waals surface area contributed by atoms with E-state index in [9.17, 15) is 19.4 Å². The average molecular weight is 1120 g/mol. The zero-order valence-corrected chi connectivity index (χ0v) is 52.4. The topological polar surface area (TPSA) is 108 Å². The van der Waals surface area contributed by atoms with Crippen molar-refractivity contribution < 1.29 is 32.9 Å². The Morgan fingerprint density at radius 2 is 0.785 bits per heavy atom. The summed E-state index contributed by atoms with van der Waals surface area (Å²) in [6.07, 6.45) is 89.8. The zero-order valence-electron chi connectivity index (χ0n) is 51.5. The number of amides is 1. The van der Waals surface area contributed by atoms with E-state index in [0.717, 1.165) is 96.3 Å². The van der Waals surface area contributed by atoms with Gasteiger partial charge in [0, 0.05) is 6.42 Å². The summed E-state index contributed by atoms with van der Waals surface area (Å²) in [7, 11) is 1.22. The van der Waals surface area contributed by atoms with Gasteiger partial charge in [0.1, 0.15) is 13.2 Å². The van der Waals surface area contributed by atoms with Crippen molar-refractivity contribution in [3.05, 3.63) is 134 Å². The Bertz CT molecular complexity index is 1750. The Kier molecular flexibility index (Phi) is 56.7. The Morgan fingerprint density at radius 3 is 1.18 bits per heavy atom. The number of phosphoric acid groups is 1. The van der Waals surface area contributed by atoms with Gasteiger partial charge in [0.15, 0.2) is 0 Å². The standard InChI is InChI=1S/C70H121N2O6P/c1-6-8-10-12-14-16-18-20-22-24-26-27-28-29-30-31-32-33-34-35-36-37-38-39-40-41-42-43-44-45-46-48-50-52-54-56-58-60-62-64-70(74)71-68(67-78-79(75,76)77-66-65-72(3,4)5)69(73)63-61-59-57-55-53-51-49-47-25-23-21-19-17-15-13-11-9-7-2/h8,10,14,16,20,22,25-27,29-30,32-33,35-36,38-39,47,53,55,61,63,68-69,73H,6-7,9,11-13,15,17-19,21,23-24,28,31,34,37,40-46,48-52,54,56-60,62,64-67H2,1-5H3,(H-,71,74,75,76)/b10-8-,16-14-,22-20-,27-26-,30-29-,33-32-,36-35-,39-38-,47-25+,55-53+,63-61+. The van der Waals surface area contributed by atoms with Crippen LogP contribution in [0.15, 0.2) is 134 Å². The quantitative estimate of drug-likeness (QED) is 0.0272. The van der Waals surface area contributed by atoms with Gasteiger partial charge >= 0.3 is 0 Å². The summed E-state index contributed by atoms with van der Waals surface area (Å²) < 4.78 is 23.3. The molecule has 3 unspecified atom stereocenters. The molecule has 0 aliphatic rings. The van der Waals surface area contributed by atoms with E-state index < -0.39 is 26.6 Å². The molecule has 0 bridgehead atoms. The van der Waals surface area contributed by atoms with Crippen LogP contribution in [0.25, 0.3) is 0 Å². The van der Waals surface area contributed by atoms with Gasteiger partial charge in [0.25, 0.3) is 7.82 Å². The molecule has 0 aromatic rings. The number of hydrogen-bond donors (Lipinski definition) is 2. The third-order valence-electron chi connectivity index (χ3n) is 13.6. The second kappa shape index (κ2) is 59.3. The van der Waals surface area contributed by atoms with Crippen LogP contribution in [-0.4, -0.2) is 68.5 Å². The Labute approximate surface area is 487 Å². The molecule has 0 heterocycles. The van der Waals surface area contributed by atoms with Crippen LogP contribution < -0.4 is 10.2 Å². The molecule has 2 N–H and O–H groups in total. The summed E-state index contributed by atoms with van der Waals surface area (Å²) in [5.74, 6) is -0.216. The second-order valence-electron chi connectivity index (χ2n) is 22.4. The highest BCUT2D eigenvalue weighted by Crippen LogP contribution is 2.38. The minimum atomic E-state index is -4.62. The average Bonchev–Trinajstić information content (AvgIpc) is 3.42. The molecule has 0 rings (SSSR count). The number of unbranched alkanes of at least 4 members (excludes halogenated alkanes) is 24. The molecule has 0 fully saturated rings. The molecule has 0 saturated carbocycles. The maximum absolute atomic E-state index is 13.0. The summed E-state index contributed by atoms with van der Waals surface area (Å²) >= 11 is 0. The smallest absolute Gasteiger partial charge is 0.268 e. The number of carbonyl (C=O) groups is 1. The molecule has 0 aliphatic heterocycles. The normalized spacial score (nSPS) is 14.7. The third kappa shape index (κ3) is 62.1. The fourth-order valence-corrected chi connectivity index (χ4v) is 9.34. The summed E-state index contributed by atoms with van der Waals surface area (Å²) in [5, 5.41) is 13.9. The maximum atomic E-state index is 13.0. The molecule has 0 aromatic heterocycles. The van der Waals surface area contributed by atoms with E-state index in [0.29, 0.717) is 17.4 Å². The highest BCUT2D eigenvalue weighted by atomic mass is 31.2. The fraction of sp³-hybridized carbons (Fsp3) is 0.671. The number of allylic oxidation sites excluding steroid dienone is 21. The molecule has 3 atom stereocenters. The number of nitrogens with zero attached hydrogens (tertiary/aromatic N) is 1. The number of carbonyl (C=O) groups excluding carboxylic acids is 1. The minimum Gasteiger partial charge on any atom is -0.756 e. The maximum Gasteiger partial charge on any atom is 0.268 e. The molecule has 452 valence electrons. The first-order valence-electron chi connectivity index (χ1n) is 32.0. The first-order chi connectivity index (χ1) is 38.5. The molecule has 0 saturated heterocycles.